The van der Waals surface area contributed by atoms with Crippen molar-refractivity contribution in [1.82, 2.24) is 9.78 Å². The Morgan fingerprint density at radius 1 is 1.00 bits per heavy atom. The number of hydrogen-bond acceptors (Lipinski definition) is 5. The summed E-state index contributed by atoms with van der Waals surface area (Å²) >= 11 is 0. The van der Waals surface area contributed by atoms with Crippen molar-refractivity contribution in [2.24, 2.45) is 0 Å². The minimum Gasteiger partial charge on any atom is -0.466 e. The monoisotopic (exact) mass is 336 g/mol. The highest BCUT2D eigenvalue weighted by molar-refractivity contribution is 5.97. The largest absolute Gasteiger partial charge is 0.466 e. The standard InChI is InChI=1S/C19H16N2O4/c1-24-17(22)13-25-19(23)16-12-21(15-10-6-3-7-11-15)20-18(16)14-8-4-2-5-9-14/h2-12H,13H2,1H3. The Morgan fingerprint density at radius 2 is 1.64 bits per heavy atom. The molecule has 1 aromatic heterocycles. The van der Waals surface area contributed by atoms with E-state index in [1.165, 1.54) is 7.11 Å². The lowest BCUT2D eigenvalue weighted by molar-refractivity contribution is -0.144. The van der Waals surface area contributed by atoms with Crippen molar-refractivity contribution in [3.63, 3.8) is 0 Å². The summed E-state index contributed by atoms with van der Waals surface area (Å²) in [5, 5.41) is 4.52. The van der Waals surface area contributed by atoms with Gasteiger partial charge < -0.3 is 9.47 Å². The van der Waals surface area contributed by atoms with Crippen molar-refractivity contribution in [3.05, 3.63) is 72.4 Å². The van der Waals surface area contributed by atoms with Crippen LogP contribution in [0, 0.1) is 0 Å². The summed E-state index contributed by atoms with van der Waals surface area (Å²) in [6.45, 7) is -0.444. The molecule has 0 bridgehead atoms. The van der Waals surface area contributed by atoms with Crippen molar-refractivity contribution in [1.29, 1.82) is 0 Å². The van der Waals surface area contributed by atoms with Gasteiger partial charge in [0, 0.05) is 11.8 Å². The van der Waals surface area contributed by atoms with E-state index >= 15 is 0 Å². The van der Waals surface area contributed by atoms with Gasteiger partial charge in [-0.15, -0.1) is 0 Å². The van der Waals surface area contributed by atoms with Gasteiger partial charge in [0.2, 0.25) is 0 Å². The molecule has 0 aliphatic rings. The zero-order valence-electron chi connectivity index (χ0n) is 13.6. The van der Waals surface area contributed by atoms with E-state index in [9.17, 15) is 9.59 Å². The number of rotatable bonds is 5. The number of carbonyl (C=O) groups is 2. The van der Waals surface area contributed by atoms with E-state index in [0.29, 0.717) is 5.69 Å². The van der Waals surface area contributed by atoms with Crippen molar-refractivity contribution < 1.29 is 19.1 Å². The van der Waals surface area contributed by atoms with E-state index in [1.54, 1.807) is 10.9 Å². The Balaban J connectivity index is 1.99. The molecule has 0 atom stereocenters. The fourth-order valence-corrected chi connectivity index (χ4v) is 2.31. The molecule has 0 unspecified atom stereocenters. The number of carbonyl (C=O) groups excluding carboxylic acids is 2. The first-order valence-corrected chi connectivity index (χ1v) is 7.63. The number of para-hydroxylation sites is 1. The number of nitrogens with zero attached hydrogens (tertiary/aromatic N) is 2. The summed E-state index contributed by atoms with van der Waals surface area (Å²) in [6, 6.07) is 18.7. The first-order valence-electron chi connectivity index (χ1n) is 7.63. The summed E-state index contributed by atoms with van der Waals surface area (Å²) < 4.78 is 11.1. The quantitative estimate of drug-likeness (QED) is 0.670. The lowest BCUT2D eigenvalue weighted by atomic mass is 10.1. The number of methoxy groups -OCH3 is 1. The molecule has 126 valence electrons. The van der Waals surface area contributed by atoms with Gasteiger partial charge in [0.05, 0.1) is 12.8 Å². The lowest BCUT2D eigenvalue weighted by Gasteiger charge is -2.03. The Bertz CT molecular complexity index is 873. The Hall–Kier alpha value is -3.41. The van der Waals surface area contributed by atoms with Crippen molar-refractivity contribution in [2.75, 3.05) is 13.7 Å². The average molecular weight is 336 g/mol. The molecule has 0 saturated carbocycles. The second-order valence-corrected chi connectivity index (χ2v) is 5.19. The van der Waals surface area contributed by atoms with Gasteiger partial charge in [0.15, 0.2) is 6.61 Å². The molecule has 0 saturated heterocycles. The molecule has 6 nitrogen and oxygen atoms in total. The molecule has 0 aliphatic heterocycles. The summed E-state index contributed by atoms with van der Waals surface area (Å²) in [4.78, 5) is 23.6. The van der Waals surface area contributed by atoms with Crippen LogP contribution in [-0.2, 0) is 14.3 Å². The van der Waals surface area contributed by atoms with Crippen LogP contribution in [0.5, 0.6) is 0 Å². The highest BCUT2D eigenvalue weighted by Crippen LogP contribution is 2.24. The highest BCUT2D eigenvalue weighted by Gasteiger charge is 2.20. The maximum atomic E-state index is 12.4. The minimum absolute atomic E-state index is 0.277. The van der Waals surface area contributed by atoms with Gasteiger partial charge in [-0.1, -0.05) is 48.5 Å². The first kappa shape index (κ1) is 16.4. The van der Waals surface area contributed by atoms with Crippen LogP contribution in [0.1, 0.15) is 10.4 Å². The van der Waals surface area contributed by atoms with Crippen LogP contribution in [0.2, 0.25) is 0 Å². The zero-order chi connectivity index (χ0) is 17.6. The number of benzene rings is 2. The number of aromatic nitrogens is 2. The van der Waals surface area contributed by atoms with E-state index in [1.807, 2.05) is 60.7 Å². The topological polar surface area (TPSA) is 70.4 Å². The summed E-state index contributed by atoms with van der Waals surface area (Å²) in [7, 11) is 1.24. The molecular formula is C19H16N2O4. The molecule has 0 amide bonds. The molecule has 3 aromatic rings. The predicted octanol–water partition coefficient (Wildman–Crippen LogP) is 2.87. The van der Waals surface area contributed by atoms with E-state index in [-0.39, 0.29) is 5.56 Å². The van der Waals surface area contributed by atoms with E-state index in [4.69, 9.17) is 4.74 Å². The van der Waals surface area contributed by atoms with Crippen LogP contribution < -0.4 is 0 Å². The van der Waals surface area contributed by atoms with Crippen LogP contribution in [-0.4, -0.2) is 35.4 Å². The van der Waals surface area contributed by atoms with Crippen LogP contribution >= 0.6 is 0 Å². The normalized spacial score (nSPS) is 10.3. The zero-order valence-corrected chi connectivity index (χ0v) is 13.6. The second kappa shape index (κ2) is 7.44. The average Bonchev–Trinajstić information content (AvgIpc) is 3.12. The molecule has 6 heteroatoms. The maximum absolute atomic E-state index is 12.4. The van der Waals surface area contributed by atoms with Gasteiger partial charge in [0.1, 0.15) is 11.3 Å². The van der Waals surface area contributed by atoms with Crippen molar-refractivity contribution in [2.45, 2.75) is 0 Å². The van der Waals surface area contributed by atoms with Gasteiger partial charge >= 0.3 is 11.9 Å². The third-order valence-corrected chi connectivity index (χ3v) is 3.55. The van der Waals surface area contributed by atoms with Crippen LogP contribution in [0.25, 0.3) is 16.9 Å². The van der Waals surface area contributed by atoms with Gasteiger partial charge in [-0.25, -0.2) is 14.3 Å². The lowest BCUT2D eigenvalue weighted by Crippen LogP contribution is -2.15. The molecule has 0 fully saturated rings. The third kappa shape index (κ3) is 3.74. The van der Waals surface area contributed by atoms with Crippen molar-refractivity contribution in [3.8, 4) is 16.9 Å². The molecule has 0 spiro atoms. The Kier molecular flexibility index (Phi) is 4.89. The predicted molar refractivity (Wildman–Crippen MR) is 91.3 cm³/mol. The molecule has 0 radical (unpaired) electrons. The van der Waals surface area contributed by atoms with Crippen LogP contribution in [0.3, 0.4) is 0 Å². The smallest absolute Gasteiger partial charge is 0.344 e. The van der Waals surface area contributed by atoms with Crippen LogP contribution in [0.15, 0.2) is 66.9 Å². The number of esters is 2. The van der Waals surface area contributed by atoms with Crippen molar-refractivity contribution >= 4 is 11.9 Å². The molecular weight excluding hydrogens is 320 g/mol. The fraction of sp³-hybridized carbons (Fsp3) is 0.105. The van der Waals surface area contributed by atoms with Gasteiger partial charge in [0.25, 0.3) is 0 Å². The van der Waals surface area contributed by atoms with Gasteiger partial charge in [-0.3, -0.25) is 0 Å². The molecule has 25 heavy (non-hydrogen) atoms. The first-order chi connectivity index (χ1) is 12.2. The van der Waals surface area contributed by atoms with E-state index in [0.717, 1.165) is 11.3 Å². The second-order valence-electron chi connectivity index (χ2n) is 5.19. The van der Waals surface area contributed by atoms with Crippen LogP contribution in [0.4, 0.5) is 0 Å². The maximum Gasteiger partial charge on any atom is 0.344 e. The molecule has 2 aromatic carbocycles. The molecule has 0 N–H and O–H groups in total. The summed E-state index contributed by atoms with van der Waals surface area (Å²) in [5.41, 5.74) is 2.35. The minimum atomic E-state index is -0.633. The van der Waals surface area contributed by atoms with Gasteiger partial charge in [-0.2, -0.15) is 5.10 Å². The summed E-state index contributed by atoms with van der Waals surface area (Å²) in [6.07, 6.45) is 1.59. The summed E-state index contributed by atoms with van der Waals surface area (Å²) in [5.74, 6) is -1.25. The van der Waals surface area contributed by atoms with Gasteiger partial charge in [-0.05, 0) is 12.1 Å². The SMILES string of the molecule is COC(=O)COC(=O)c1cn(-c2ccccc2)nc1-c1ccccc1. The Morgan fingerprint density at radius 3 is 2.28 bits per heavy atom. The number of ether oxygens (including phenoxy) is 2. The highest BCUT2D eigenvalue weighted by atomic mass is 16.6. The number of hydrogen-bond donors (Lipinski definition) is 0. The third-order valence-electron chi connectivity index (χ3n) is 3.55. The van der Waals surface area contributed by atoms with E-state index in [2.05, 4.69) is 9.84 Å². The molecule has 1 heterocycles. The van der Waals surface area contributed by atoms with E-state index < -0.39 is 18.5 Å². The molecule has 0 aliphatic carbocycles. The Labute approximate surface area is 144 Å². The fourth-order valence-electron chi connectivity index (χ4n) is 2.31. The molecule has 3 rings (SSSR count).